The molecule has 1 spiro atoms. The zero-order chi connectivity index (χ0) is 54.4. The Labute approximate surface area is 481 Å². The standard InChI is InChI=1S/C80H51N3/c1-3-21-54(22-4-1)79(66-31-12-7-25-59(66)60-26-8-13-32-67(60)79)55-44-48-58(49-45-55)81(57-46-41-52(42-47-57)53-43-50-63-61-27-10-16-37-72(61)82(76(63)51-53)56-23-5-2-6-24-56)75-40-20-35-70-77(75)65-29-9-14-33-68(65)80(70)69-34-15-18-39-74(69)83-73-38-17-11-28-62(73)64-30-19-36-71(80)78(64)83/h1-51H. The van der Waals surface area contributed by atoms with E-state index >= 15 is 0 Å². The van der Waals surface area contributed by atoms with Gasteiger partial charge in [-0.25, -0.2) is 0 Å². The highest BCUT2D eigenvalue weighted by molar-refractivity contribution is 6.14. The number of hydrogen-bond acceptors (Lipinski definition) is 1. The van der Waals surface area contributed by atoms with Gasteiger partial charge in [0.15, 0.2) is 0 Å². The fourth-order valence-electron chi connectivity index (χ4n) is 15.6. The second-order valence-electron chi connectivity index (χ2n) is 22.6. The van der Waals surface area contributed by atoms with Crippen molar-refractivity contribution in [3.05, 3.63) is 354 Å². The van der Waals surface area contributed by atoms with E-state index in [1.807, 2.05) is 0 Å². The van der Waals surface area contributed by atoms with E-state index in [1.54, 1.807) is 0 Å². The Hall–Kier alpha value is -10.7. The summed E-state index contributed by atoms with van der Waals surface area (Å²) in [5, 5.41) is 5.04. The number of hydrogen-bond donors (Lipinski definition) is 0. The van der Waals surface area contributed by atoms with Crippen LogP contribution in [0.3, 0.4) is 0 Å². The summed E-state index contributed by atoms with van der Waals surface area (Å²) in [6.07, 6.45) is 0. The van der Waals surface area contributed by atoms with Crippen LogP contribution in [0, 0.1) is 0 Å². The zero-order valence-corrected chi connectivity index (χ0v) is 45.3. The molecule has 0 bridgehead atoms. The third kappa shape index (κ3) is 6.12. The molecule has 0 saturated heterocycles. The highest BCUT2D eigenvalue weighted by atomic mass is 15.1. The van der Waals surface area contributed by atoms with Gasteiger partial charge in [0.25, 0.3) is 0 Å². The molecule has 0 saturated carbocycles. The lowest BCUT2D eigenvalue weighted by atomic mass is 9.65. The molecule has 15 aromatic rings. The van der Waals surface area contributed by atoms with Crippen LogP contribution in [0.5, 0.6) is 0 Å². The van der Waals surface area contributed by atoms with E-state index in [2.05, 4.69) is 323 Å². The van der Waals surface area contributed by atoms with Gasteiger partial charge in [-0.05, 0) is 139 Å². The number of aromatic nitrogens is 2. The molecule has 1 atom stereocenters. The lowest BCUT2D eigenvalue weighted by Gasteiger charge is -2.39. The van der Waals surface area contributed by atoms with Crippen molar-refractivity contribution in [2.75, 3.05) is 4.90 Å². The van der Waals surface area contributed by atoms with Crippen molar-refractivity contribution < 1.29 is 0 Å². The minimum absolute atomic E-state index is 0.524. The zero-order valence-electron chi connectivity index (χ0n) is 45.3. The summed E-state index contributed by atoms with van der Waals surface area (Å²) in [5.74, 6) is 0. The van der Waals surface area contributed by atoms with Gasteiger partial charge < -0.3 is 14.0 Å². The van der Waals surface area contributed by atoms with Crippen molar-refractivity contribution in [3.8, 4) is 44.8 Å². The molecule has 3 heteroatoms. The molecule has 18 rings (SSSR count). The first-order valence-corrected chi connectivity index (χ1v) is 28.9. The number of anilines is 3. The van der Waals surface area contributed by atoms with Crippen molar-refractivity contribution in [3.63, 3.8) is 0 Å². The molecular weight excluding hydrogens is 1000 g/mol. The Balaban J connectivity index is 0.865. The maximum atomic E-state index is 2.53. The molecule has 386 valence electrons. The van der Waals surface area contributed by atoms with Crippen LogP contribution < -0.4 is 4.90 Å². The number of para-hydroxylation sites is 5. The van der Waals surface area contributed by atoms with Gasteiger partial charge in [0, 0.05) is 44.2 Å². The molecule has 3 aliphatic rings. The van der Waals surface area contributed by atoms with Crippen LogP contribution in [0.15, 0.2) is 309 Å². The van der Waals surface area contributed by atoms with E-state index in [9.17, 15) is 0 Å². The summed E-state index contributed by atoms with van der Waals surface area (Å²) in [7, 11) is 0. The second-order valence-corrected chi connectivity index (χ2v) is 22.6. The SMILES string of the molecule is c1ccc(-n2c3ccccc3c3ccc(-c4ccc(N(c5ccc(C6(c7ccccc7)c7ccccc7-c7ccccc76)cc5)c5cccc6c5-c5ccccc5C65c6ccccc6-n6c7ccccc7c7cccc5c76)cc4)cc32)cc1. The van der Waals surface area contributed by atoms with Gasteiger partial charge in [0.1, 0.15) is 0 Å². The van der Waals surface area contributed by atoms with E-state index < -0.39 is 10.8 Å². The smallest absolute Gasteiger partial charge is 0.0755 e. The first-order chi connectivity index (χ1) is 41.2. The van der Waals surface area contributed by atoms with Crippen molar-refractivity contribution in [1.29, 1.82) is 0 Å². The fourth-order valence-corrected chi connectivity index (χ4v) is 15.6. The van der Waals surface area contributed by atoms with Gasteiger partial charge in [0.2, 0.25) is 0 Å². The highest BCUT2D eigenvalue weighted by Crippen LogP contribution is 2.64. The predicted octanol–water partition coefficient (Wildman–Crippen LogP) is 20.1. The van der Waals surface area contributed by atoms with Gasteiger partial charge in [-0.3, -0.25) is 0 Å². The van der Waals surface area contributed by atoms with Gasteiger partial charge in [-0.15, -0.1) is 0 Å². The number of rotatable bonds is 7. The van der Waals surface area contributed by atoms with Crippen molar-refractivity contribution in [2.45, 2.75) is 10.8 Å². The third-order valence-electron chi connectivity index (χ3n) is 18.8. The molecule has 0 radical (unpaired) electrons. The number of fused-ring (bicyclic) bond motifs is 18. The summed E-state index contributed by atoms with van der Waals surface area (Å²) in [4.78, 5) is 2.52. The van der Waals surface area contributed by atoms with Crippen molar-refractivity contribution in [2.24, 2.45) is 0 Å². The summed E-state index contributed by atoms with van der Waals surface area (Å²) in [6, 6.07) is 116. The fraction of sp³-hybridized carbons (Fsp3) is 0.0250. The quantitative estimate of drug-likeness (QED) is 0.155. The van der Waals surface area contributed by atoms with Gasteiger partial charge in [0.05, 0.1) is 44.3 Å². The van der Waals surface area contributed by atoms with E-state index in [0.717, 1.165) is 28.3 Å². The van der Waals surface area contributed by atoms with E-state index in [0.29, 0.717) is 0 Å². The van der Waals surface area contributed by atoms with Crippen LogP contribution in [-0.2, 0) is 10.8 Å². The first-order valence-electron chi connectivity index (χ1n) is 28.9. The van der Waals surface area contributed by atoms with Crippen molar-refractivity contribution >= 4 is 60.7 Å². The first kappa shape index (κ1) is 46.1. The van der Waals surface area contributed by atoms with Gasteiger partial charge in [-0.1, -0.05) is 243 Å². The van der Waals surface area contributed by atoms with Crippen LogP contribution in [0.4, 0.5) is 17.1 Å². The Morgan fingerprint density at radius 2 is 0.759 bits per heavy atom. The van der Waals surface area contributed by atoms with E-state index in [-0.39, 0.29) is 0 Å². The highest BCUT2D eigenvalue weighted by Gasteiger charge is 2.52. The van der Waals surface area contributed by atoms with Gasteiger partial charge >= 0.3 is 0 Å². The summed E-state index contributed by atoms with van der Waals surface area (Å²) < 4.78 is 4.94. The minimum Gasteiger partial charge on any atom is -0.310 e. The minimum atomic E-state index is -0.603. The summed E-state index contributed by atoms with van der Waals surface area (Å²) >= 11 is 0. The molecule has 1 aliphatic heterocycles. The molecule has 13 aromatic carbocycles. The van der Waals surface area contributed by atoms with Crippen LogP contribution in [0.25, 0.3) is 88.4 Å². The second kappa shape index (κ2) is 17.4. The largest absolute Gasteiger partial charge is 0.310 e. The van der Waals surface area contributed by atoms with E-state index in [4.69, 9.17) is 0 Å². The molecule has 2 aliphatic carbocycles. The predicted molar refractivity (Wildman–Crippen MR) is 343 cm³/mol. The molecule has 1 unspecified atom stereocenters. The molecule has 83 heavy (non-hydrogen) atoms. The summed E-state index contributed by atoms with van der Waals surface area (Å²) in [5.41, 5.74) is 27.1. The molecule has 3 heterocycles. The molecule has 2 aromatic heterocycles. The molecule has 0 amide bonds. The van der Waals surface area contributed by atoms with Crippen molar-refractivity contribution in [1.82, 2.24) is 9.13 Å². The van der Waals surface area contributed by atoms with Crippen LogP contribution in [0.2, 0.25) is 0 Å². The molecule has 0 N–H and O–H groups in total. The average molecular weight is 1050 g/mol. The lowest BCUT2D eigenvalue weighted by Crippen LogP contribution is -2.33. The Morgan fingerprint density at radius 3 is 1.47 bits per heavy atom. The van der Waals surface area contributed by atoms with Gasteiger partial charge in [-0.2, -0.15) is 0 Å². The van der Waals surface area contributed by atoms with Crippen LogP contribution in [0.1, 0.15) is 44.5 Å². The third-order valence-corrected chi connectivity index (χ3v) is 18.8. The maximum Gasteiger partial charge on any atom is 0.0755 e. The Kier molecular flexibility index (Phi) is 9.64. The lowest BCUT2D eigenvalue weighted by molar-refractivity contribution is 0.748. The van der Waals surface area contributed by atoms with Crippen LogP contribution in [-0.4, -0.2) is 9.13 Å². The van der Waals surface area contributed by atoms with Crippen LogP contribution >= 0.6 is 0 Å². The summed E-state index contributed by atoms with van der Waals surface area (Å²) in [6.45, 7) is 0. The Morgan fingerprint density at radius 1 is 0.277 bits per heavy atom. The average Bonchev–Trinajstić information content (AvgIpc) is 2.52. The monoisotopic (exact) mass is 1050 g/mol. The van der Waals surface area contributed by atoms with E-state index in [1.165, 1.54) is 122 Å². The normalized spacial score (nSPS) is 14.9. The number of nitrogens with zero attached hydrogens (tertiary/aromatic N) is 3. The Bertz CT molecular complexity index is 5100. The molecule has 0 fully saturated rings. The molecule has 3 nitrogen and oxygen atoms in total. The topological polar surface area (TPSA) is 13.1 Å². The molecular formula is C80H51N3. The maximum absolute atomic E-state index is 2.53. The number of benzene rings is 13.